The molecule has 0 saturated carbocycles. The second kappa shape index (κ2) is 11.7. The van der Waals surface area contributed by atoms with Gasteiger partial charge in [0.2, 0.25) is 17.7 Å². The van der Waals surface area contributed by atoms with Crippen LogP contribution in [0.1, 0.15) is 21.9 Å². The van der Waals surface area contributed by atoms with Crippen molar-refractivity contribution in [3.05, 3.63) is 117 Å². The molecule has 2 aliphatic heterocycles. The van der Waals surface area contributed by atoms with Gasteiger partial charge in [0.15, 0.2) is 0 Å². The number of ether oxygens (including phenoxy) is 1. The molecule has 13 heteroatoms. The van der Waals surface area contributed by atoms with Gasteiger partial charge in [0.05, 0.1) is 29.3 Å². The molecule has 1 saturated heterocycles. The van der Waals surface area contributed by atoms with Gasteiger partial charge in [-0.25, -0.2) is 4.90 Å². The molecule has 1 N–H and O–H groups in total. The van der Waals surface area contributed by atoms with Crippen molar-refractivity contribution < 1.29 is 32.3 Å². The van der Waals surface area contributed by atoms with Gasteiger partial charge in [-0.3, -0.25) is 23.7 Å². The molecule has 7 rings (SSSR count). The van der Waals surface area contributed by atoms with Gasteiger partial charge in [-0.1, -0.05) is 89.8 Å². The molecule has 0 unspecified atom stereocenters. The number of carbonyl (C=O) groups excluding carboxylic acids is 3. The fourth-order valence-electron chi connectivity index (χ4n) is 6.33. The molecule has 0 aliphatic carbocycles. The minimum Gasteiger partial charge on any atom is -0.496 e. The van der Waals surface area contributed by atoms with Crippen LogP contribution in [-0.4, -0.2) is 34.6 Å². The number of para-hydroxylation sites is 2. The van der Waals surface area contributed by atoms with Crippen molar-refractivity contribution in [3.63, 3.8) is 0 Å². The number of anilines is 2. The van der Waals surface area contributed by atoms with E-state index in [0.717, 1.165) is 46.0 Å². The average molecular weight is 676 g/mol. The van der Waals surface area contributed by atoms with E-state index in [2.05, 4.69) is 5.32 Å². The van der Waals surface area contributed by atoms with E-state index in [1.165, 1.54) is 23.8 Å². The summed E-state index contributed by atoms with van der Waals surface area (Å²) in [5.41, 5.74) is -0.623. The highest BCUT2D eigenvalue weighted by molar-refractivity contribution is 8.00. The fraction of sp³-hybridized carbons (Fsp3) is 0.176. The normalized spacial score (nSPS) is 19.1. The van der Waals surface area contributed by atoms with Gasteiger partial charge in [-0.15, -0.1) is 0 Å². The highest BCUT2D eigenvalue weighted by Crippen LogP contribution is 2.55. The molecular weight excluding hydrogens is 652 g/mol. The Bertz CT molecular complexity index is 2140. The zero-order valence-electron chi connectivity index (χ0n) is 24.5. The number of carbonyl (C=O) groups is 3. The van der Waals surface area contributed by atoms with Crippen molar-refractivity contribution in [2.45, 2.75) is 28.9 Å². The molecule has 4 aromatic carbocycles. The van der Waals surface area contributed by atoms with E-state index < -0.39 is 57.1 Å². The Morgan fingerprint density at radius 3 is 2.38 bits per heavy atom. The van der Waals surface area contributed by atoms with Gasteiger partial charge in [0.1, 0.15) is 17.5 Å². The molecule has 3 heterocycles. The van der Waals surface area contributed by atoms with E-state index in [9.17, 15) is 32.3 Å². The molecule has 0 spiro atoms. The number of thioether (sulfide) groups is 1. The number of hydrogen-bond donors (Lipinski definition) is 1. The largest absolute Gasteiger partial charge is 0.496 e. The Labute approximate surface area is 273 Å². The number of methoxy groups -OCH3 is 1. The van der Waals surface area contributed by atoms with Crippen LogP contribution in [0, 0.1) is 5.92 Å². The Kier molecular flexibility index (Phi) is 7.68. The molecule has 0 radical (unpaired) electrons. The summed E-state index contributed by atoms with van der Waals surface area (Å²) in [7, 11) is 1.44. The number of fused-ring (bicyclic) bond motifs is 3. The number of nitrogens with zero attached hydrogens (tertiary/aromatic N) is 2. The van der Waals surface area contributed by atoms with Crippen molar-refractivity contribution in [2.24, 2.45) is 5.92 Å². The number of aromatic nitrogens is 1. The lowest BCUT2D eigenvalue weighted by Crippen LogP contribution is -2.33. The smallest absolute Gasteiger partial charge is 0.418 e. The number of imide groups is 1. The molecule has 47 heavy (non-hydrogen) atoms. The number of benzene rings is 4. The Balaban J connectivity index is 1.31. The fourth-order valence-corrected chi connectivity index (χ4v) is 9.09. The highest BCUT2D eigenvalue weighted by Gasteiger charge is 2.58. The van der Waals surface area contributed by atoms with E-state index in [4.69, 9.17) is 4.74 Å². The van der Waals surface area contributed by atoms with Crippen LogP contribution in [0.5, 0.6) is 5.75 Å². The van der Waals surface area contributed by atoms with E-state index >= 15 is 0 Å². The first-order chi connectivity index (χ1) is 22.6. The van der Waals surface area contributed by atoms with E-state index in [1.54, 1.807) is 36.4 Å². The summed E-state index contributed by atoms with van der Waals surface area (Å²) in [5.74, 6) is -3.81. The van der Waals surface area contributed by atoms with Crippen molar-refractivity contribution in [2.75, 3.05) is 17.3 Å². The summed E-state index contributed by atoms with van der Waals surface area (Å²) >= 11 is 1.76. The van der Waals surface area contributed by atoms with Crippen LogP contribution in [0.3, 0.4) is 0 Å². The van der Waals surface area contributed by atoms with Crippen molar-refractivity contribution in [1.82, 2.24) is 4.57 Å². The molecule has 1 fully saturated rings. The first kappa shape index (κ1) is 30.8. The quantitative estimate of drug-likeness (QED) is 0.206. The second-order valence-electron chi connectivity index (χ2n) is 11.0. The van der Waals surface area contributed by atoms with Gasteiger partial charge in [-0.2, -0.15) is 13.2 Å². The SMILES string of the molecule is COc1ccccc1[C@@H]1c2sc(=O)n(CC(=O)Nc3cccc4ccccc34)c2S[C@H]2C(=O)N(c3ccccc3C(F)(F)F)C(=O)[C@@H]12. The van der Waals surface area contributed by atoms with Crippen LogP contribution in [0.2, 0.25) is 0 Å². The maximum absolute atomic E-state index is 14.1. The number of rotatable bonds is 6. The summed E-state index contributed by atoms with van der Waals surface area (Å²) in [6, 6.07) is 24.2. The molecule has 3 amide bonds. The molecule has 5 aromatic rings. The summed E-state index contributed by atoms with van der Waals surface area (Å²) in [5, 5.41) is 3.73. The van der Waals surface area contributed by atoms with E-state index in [-0.39, 0.29) is 6.54 Å². The van der Waals surface area contributed by atoms with Crippen molar-refractivity contribution in [1.29, 1.82) is 0 Å². The second-order valence-corrected chi connectivity index (χ2v) is 13.1. The number of amides is 3. The van der Waals surface area contributed by atoms with Crippen molar-refractivity contribution >= 4 is 63.0 Å². The van der Waals surface area contributed by atoms with Crippen LogP contribution in [0.15, 0.2) is 101 Å². The lowest BCUT2D eigenvalue weighted by Gasteiger charge is -2.31. The van der Waals surface area contributed by atoms with Gasteiger partial charge >= 0.3 is 11.0 Å². The Morgan fingerprint density at radius 2 is 1.60 bits per heavy atom. The number of alkyl halides is 3. The topological polar surface area (TPSA) is 97.7 Å². The van der Waals surface area contributed by atoms with E-state index in [0.29, 0.717) is 31.8 Å². The Hall–Kier alpha value is -4.88. The zero-order chi connectivity index (χ0) is 33.0. The summed E-state index contributed by atoms with van der Waals surface area (Å²) in [4.78, 5) is 55.6. The first-order valence-corrected chi connectivity index (χ1v) is 16.1. The number of thiazole rings is 1. The van der Waals surface area contributed by atoms with Gasteiger partial charge in [-0.05, 0) is 29.7 Å². The van der Waals surface area contributed by atoms with Gasteiger partial charge in [0, 0.05) is 27.4 Å². The van der Waals surface area contributed by atoms with Crippen LogP contribution in [0.25, 0.3) is 10.8 Å². The minimum atomic E-state index is -4.82. The number of nitrogens with one attached hydrogen (secondary N) is 1. The van der Waals surface area contributed by atoms with E-state index in [1.807, 2.05) is 30.3 Å². The zero-order valence-corrected chi connectivity index (χ0v) is 26.1. The molecule has 3 atom stereocenters. The molecule has 238 valence electrons. The van der Waals surface area contributed by atoms with Crippen molar-refractivity contribution in [3.8, 4) is 5.75 Å². The lowest BCUT2D eigenvalue weighted by molar-refractivity contribution is -0.137. The maximum atomic E-state index is 14.1. The standard InChI is InChI=1S/C34H24F3N3O5S2/c1-45-24-16-7-4-12-20(24)26-27-28(31(43)40(30(27)42)23-15-6-5-13-21(23)34(35,36)37)46-32-29(26)47-33(44)39(32)17-25(41)38-22-14-8-10-18-9-2-3-11-19(18)22/h2-16,26-28H,17H2,1H3,(H,38,41)/t26-,27-,28+/m0/s1. The predicted molar refractivity (Wildman–Crippen MR) is 173 cm³/mol. The van der Waals surface area contributed by atoms with Crippen LogP contribution in [0.4, 0.5) is 24.5 Å². The summed E-state index contributed by atoms with van der Waals surface area (Å²) < 4.78 is 49.0. The summed E-state index contributed by atoms with van der Waals surface area (Å²) in [6.45, 7) is -0.389. The monoisotopic (exact) mass is 675 g/mol. The minimum absolute atomic E-state index is 0.303. The highest BCUT2D eigenvalue weighted by atomic mass is 32.2. The molecule has 2 aliphatic rings. The molecule has 8 nitrogen and oxygen atoms in total. The third-order valence-electron chi connectivity index (χ3n) is 8.34. The predicted octanol–water partition coefficient (Wildman–Crippen LogP) is 6.52. The third kappa shape index (κ3) is 5.19. The van der Waals surface area contributed by atoms with Crippen LogP contribution >= 0.6 is 23.1 Å². The first-order valence-electron chi connectivity index (χ1n) is 14.4. The molecular formula is C34H24F3N3O5S2. The maximum Gasteiger partial charge on any atom is 0.418 e. The van der Waals surface area contributed by atoms with Gasteiger partial charge in [0.25, 0.3) is 0 Å². The van der Waals surface area contributed by atoms with Crippen LogP contribution < -0.4 is 19.8 Å². The van der Waals surface area contributed by atoms with Gasteiger partial charge < -0.3 is 10.1 Å². The molecule has 0 bridgehead atoms. The number of halogens is 3. The average Bonchev–Trinajstić information content (AvgIpc) is 3.50. The number of hydrogen-bond acceptors (Lipinski definition) is 7. The van der Waals surface area contributed by atoms with Crippen LogP contribution in [-0.2, 0) is 27.1 Å². The molecule has 1 aromatic heterocycles. The Morgan fingerprint density at radius 1 is 0.894 bits per heavy atom. The third-order valence-corrected chi connectivity index (χ3v) is 10.9. The summed E-state index contributed by atoms with van der Waals surface area (Å²) in [6.07, 6.45) is -4.82. The lowest BCUT2D eigenvalue weighted by atomic mass is 9.82.